The summed E-state index contributed by atoms with van der Waals surface area (Å²) in [6, 6.07) is 0.169. The first-order chi connectivity index (χ1) is 9.04. The Morgan fingerprint density at radius 1 is 1.21 bits per heavy atom. The van der Waals surface area contributed by atoms with Gasteiger partial charge in [-0.2, -0.15) is 13.2 Å². The summed E-state index contributed by atoms with van der Waals surface area (Å²) in [5.41, 5.74) is 0.447. The monoisotopic (exact) mass is 271 g/mol. The highest BCUT2D eigenvalue weighted by Crippen LogP contribution is 2.30. The molecular weight excluding hydrogens is 259 g/mol. The number of rotatable bonds is 2. The molecule has 3 rings (SSSR count). The maximum Gasteiger partial charge on any atom is 0.451 e. The van der Waals surface area contributed by atoms with Gasteiger partial charge in [0.1, 0.15) is 5.52 Å². The van der Waals surface area contributed by atoms with Crippen molar-refractivity contribution in [1.29, 1.82) is 0 Å². The zero-order valence-corrected chi connectivity index (χ0v) is 9.96. The predicted octanol–water partition coefficient (Wildman–Crippen LogP) is 2.73. The standard InChI is InChI=1S/C11H12F3N5/c12-11(13,14)10-18-8-7(15-5-16-8)9(19-10)17-6-3-1-2-4-6/h5-6H,1-4H2,(H2,15,16,17,18,19). The Morgan fingerprint density at radius 3 is 2.63 bits per heavy atom. The smallest absolute Gasteiger partial charge is 0.365 e. The molecule has 2 N–H and O–H groups in total. The number of nitrogens with one attached hydrogen (secondary N) is 2. The zero-order valence-electron chi connectivity index (χ0n) is 9.96. The normalized spacial score (nSPS) is 17.2. The van der Waals surface area contributed by atoms with Crippen LogP contribution in [0.25, 0.3) is 11.2 Å². The van der Waals surface area contributed by atoms with Crippen molar-refractivity contribution in [2.24, 2.45) is 0 Å². The van der Waals surface area contributed by atoms with E-state index in [2.05, 4.69) is 25.3 Å². The van der Waals surface area contributed by atoms with E-state index in [1.807, 2.05) is 0 Å². The first-order valence-electron chi connectivity index (χ1n) is 6.09. The molecule has 0 unspecified atom stereocenters. The fraction of sp³-hybridized carbons (Fsp3) is 0.545. The van der Waals surface area contributed by atoms with Gasteiger partial charge in [-0.25, -0.2) is 15.0 Å². The van der Waals surface area contributed by atoms with Gasteiger partial charge in [-0.15, -0.1) is 0 Å². The number of anilines is 1. The van der Waals surface area contributed by atoms with Crippen molar-refractivity contribution in [3.63, 3.8) is 0 Å². The van der Waals surface area contributed by atoms with Gasteiger partial charge >= 0.3 is 6.18 Å². The molecule has 1 aliphatic rings. The van der Waals surface area contributed by atoms with E-state index in [4.69, 9.17) is 0 Å². The number of alkyl halides is 3. The number of H-pyrrole nitrogens is 1. The van der Waals surface area contributed by atoms with Crippen LogP contribution in [0.2, 0.25) is 0 Å². The minimum absolute atomic E-state index is 0.0304. The van der Waals surface area contributed by atoms with Gasteiger partial charge in [0.2, 0.25) is 5.82 Å². The second-order valence-electron chi connectivity index (χ2n) is 4.62. The molecule has 0 bridgehead atoms. The Morgan fingerprint density at radius 2 is 1.95 bits per heavy atom. The minimum Gasteiger partial charge on any atom is -0.365 e. The molecule has 1 saturated carbocycles. The predicted molar refractivity (Wildman–Crippen MR) is 62.6 cm³/mol. The summed E-state index contributed by atoms with van der Waals surface area (Å²) in [5, 5.41) is 3.06. The molecule has 102 valence electrons. The number of nitrogens with zero attached hydrogens (tertiary/aromatic N) is 3. The highest BCUT2D eigenvalue weighted by atomic mass is 19.4. The maximum absolute atomic E-state index is 12.7. The third kappa shape index (κ3) is 2.34. The molecule has 1 aliphatic carbocycles. The number of aromatic nitrogens is 4. The van der Waals surface area contributed by atoms with Crippen molar-refractivity contribution in [3.05, 3.63) is 12.2 Å². The molecule has 0 aliphatic heterocycles. The van der Waals surface area contributed by atoms with Gasteiger partial charge in [-0.05, 0) is 12.8 Å². The van der Waals surface area contributed by atoms with Crippen molar-refractivity contribution in [1.82, 2.24) is 19.9 Å². The molecule has 2 aromatic rings. The van der Waals surface area contributed by atoms with Gasteiger partial charge in [-0.1, -0.05) is 12.8 Å². The Bertz CT molecular complexity index is 586. The topological polar surface area (TPSA) is 66.5 Å². The molecule has 1 fully saturated rings. The van der Waals surface area contributed by atoms with Crippen LogP contribution >= 0.6 is 0 Å². The fourth-order valence-corrected chi connectivity index (χ4v) is 2.33. The van der Waals surface area contributed by atoms with Crippen molar-refractivity contribution in [2.45, 2.75) is 37.9 Å². The number of halogens is 3. The highest BCUT2D eigenvalue weighted by Gasteiger charge is 2.36. The average Bonchev–Trinajstić information content (AvgIpc) is 2.97. The van der Waals surface area contributed by atoms with Gasteiger partial charge in [0.05, 0.1) is 6.33 Å². The van der Waals surface area contributed by atoms with E-state index in [-0.39, 0.29) is 17.5 Å². The minimum atomic E-state index is -4.57. The molecule has 0 atom stereocenters. The molecule has 0 spiro atoms. The van der Waals surface area contributed by atoms with Crippen LogP contribution in [0, 0.1) is 0 Å². The van der Waals surface area contributed by atoms with E-state index in [0.717, 1.165) is 25.7 Å². The molecule has 8 heteroatoms. The van der Waals surface area contributed by atoms with Gasteiger partial charge in [0, 0.05) is 6.04 Å². The lowest BCUT2D eigenvalue weighted by Crippen LogP contribution is -2.19. The maximum atomic E-state index is 12.7. The van der Waals surface area contributed by atoms with Crippen LogP contribution in [0.5, 0.6) is 0 Å². The van der Waals surface area contributed by atoms with E-state index in [1.54, 1.807) is 0 Å². The fourth-order valence-electron chi connectivity index (χ4n) is 2.33. The second-order valence-corrected chi connectivity index (χ2v) is 4.62. The summed E-state index contributed by atoms with van der Waals surface area (Å²) in [6.07, 6.45) is 0.808. The number of imidazole rings is 1. The molecule has 2 aromatic heterocycles. The molecule has 0 saturated heterocycles. The van der Waals surface area contributed by atoms with Crippen LogP contribution in [0.3, 0.4) is 0 Å². The van der Waals surface area contributed by atoms with Crippen molar-refractivity contribution in [2.75, 3.05) is 5.32 Å². The third-order valence-electron chi connectivity index (χ3n) is 3.24. The molecular formula is C11H12F3N5. The molecule has 0 aromatic carbocycles. The number of hydrogen-bond acceptors (Lipinski definition) is 4. The van der Waals surface area contributed by atoms with Crippen LogP contribution in [0.4, 0.5) is 19.0 Å². The highest BCUT2D eigenvalue weighted by molar-refractivity contribution is 5.82. The van der Waals surface area contributed by atoms with Crippen LogP contribution in [-0.4, -0.2) is 26.0 Å². The Balaban J connectivity index is 2.02. The zero-order chi connectivity index (χ0) is 13.5. The van der Waals surface area contributed by atoms with E-state index < -0.39 is 12.0 Å². The van der Waals surface area contributed by atoms with Crippen LogP contribution in [-0.2, 0) is 6.18 Å². The Hall–Kier alpha value is -1.86. The number of fused-ring (bicyclic) bond motifs is 1. The van der Waals surface area contributed by atoms with Gasteiger partial charge < -0.3 is 10.3 Å². The van der Waals surface area contributed by atoms with Gasteiger partial charge in [0.15, 0.2) is 11.5 Å². The first kappa shape index (κ1) is 12.2. The van der Waals surface area contributed by atoms with E-state index in [9.17, 15) is 13.2 Å². The van der Waals surface area contributed by atoms with Crippen LogP contribution < -0.4 is 5.32 Å². The largest absolute Gasteiger partial charge is 0.451 e. The van der Waals surface area contributed by atoms with Crippen LogP contribution in [0.15, 0.2) is 6.33 Å². The van der Waals surface area contributed by atoms with Gasteiger partial charge in [0.25, 0.3) is 0 Å². The summed E-state index contributed by atoms with van der Waals surface area (Å²) in [6.45, 7) is 0. The van der Waals surface area contributed by atoms with E-state index in [1.165, 1.54) is 6.33 Å². The van der Waals surface area contributed by atoms with Crippen molar-refractivity contribution >= 4 is 17.0 Å². The Labute approximate surface area is 106 Å². The number of aromatic amines is 1. The number of hydrogen-bond donors (Lipinski definition) is 2. The summed E-state index contributed by atoms with van der Waals surface area (Å²) in [7, 11) is 0. The lowest BCUT2D eigenvalue weighted by atomic mass is 10.2. The SMILES string of the molecule is FC(F)(F)c1nc(NC2CCCC2)c2[nH]cnc2n1. The molecule has 0 radical (unpaired) electrons. The van der Waals surface area contributed by atoms with Crippen molar-refractivity contribution in [3.8, 4) is 0 Å². The molecule has 2 heterocycles. The average molecular weight is 271 g/mol. The lowest BCUT2D eigenvalue weighted by molar-refractivity contribution is -0.144. The lowest BCUT2D eigenvalue weighted by Gasteiger charge is -2.14. The van der Waals surface area contributed by atoms with Crippen molar-refractivity contribution < 1.29 is 13.2 Å². The summed E-state index contributed by atoms with van der Waals surface area (Å²) in [4.78, 5) is 13.6. The second kappa shape index (κ2) is 4.36. The van der Waals surface area contributed by atoms with E-state index >= 15 is 0 Å². The first-order valence-corrected chi connectivity index (χ1v) is 6.09. The molecule has 5 nitrogen and oxygen atoms in total. The molecule has 19 heavy (non-hydrogen) atoms. The van der Waals surface area contributed by atoms with Crippen LogP contribution in [0.1, 0.15) is 31.5 Å². The summed E-state index contributed by atoms with van der Waals surface area (Å²) in [5.74, 6) is -0.977. The quantitative estimate of drug-likeness (QED) is 0.881. The summed E-state index contributed by atoms with van der Waals surface area (Å²) < 4.78 is 38.2. The van der Waals surface area contributed by atoms with Gasteiger partial charge in [-0.3, -0.25) is 0 Å². The third-order valence-corrected chi connectivity index (χ3v) is 3.24. The van der Waals surface area contributed by atoms with E-state index in [0.29, 0.717) is 5.52 Å². The molecule has 0 amide bonds. The Kier molecular flexibility index (Phi) is 2.79. The summed E-state index contributed by atoms with van der Waals surface area (Å²) >= 11 is 0.